The maximum Gasteiger partial charge on any atom is 0.254 e. The number of nitrogens with zero attached hydrogens (tertiary/aromatic N) is 4. The van der Waals surface area contributed by atoms with Crippen LogP contribution >= 0.6 is 0 Å². The summed E-state index contributed by atoms with van der Waals surface area (Å²) in [5, 5.41) is 6.03. The van der Waals surface area contributed by atoms with Gasteiger partial charge in [-0.3, -0.25) is 9.78 Å². The van der Waals surface area contributed by atoms with Gasteiger partial charge in [-0.05, 0) is 61.2 Å². The summed E-state index contributed by atoms with van der Waals surface area (Å²) in [6.45, 7) is 2.69. The topological polar surface area (TPSA) is 83.0 Å². The van der Waals surface area contributed by atoms with Gasteiger partial charge in [0, 0.05) is 55.8 Å². The number of anilines is 3. The maximum atomic E-state index is 12.2. The molecule has 29 heavy (non-hydrogen) atoms. The predicted octanol–water partition coefficient (Wildman–Crippen LogP) is 3.54. The van der Waals surface area contributed by atoms with Crippen molar-refractivity contribution in [3.8, 4) is 0 Å². The third-order valence-electron chi connectivity index (χ3n) is 4.96. The van der Waals surface area contributed by atoms with Crippen LogP contribution in [0.15, 0.2) is 61.2 Å². The zero-order valence-corrected chi connectivity index (χ0v) is 16.2. The lowest BCUT2D eigenvalue weighted by Gasteiger charge is -2.28. The van der Waals surface area contributed by atoms with Crippen LogP contribution < -0.4 is 15.5 Å². The van der Waals surface area contributed by atoms with E-state index >= 15 is 0 Å². The van der Waals surface area contributed by atoms with Crippen LogP contribution in [0.5, 0.6) is 0 Å². The summed E-state index contributed by atoms with van der Waals surface area (Å²) in [5.74, 6) is 0.251. The fourth-order valence-corrected chi connectivity index (χ4v) is 3.33. The van der Waals surface area contributed by atoms with Crippen molar-refractivity contribution in [3.63, 3.8) is 0 Å². The van der Waals surface area contributed by atoms with Crippen LogP contribution in [0.4, 0.5) is 17.3 Å². The standard InChI is InChI=1S/C22H24N6O/c29-21(24-14-17-8-10-23-11-9-17)18-15-25-22(26-16-18)27-19-4-6-20(7-5-19)28-12-2-1-3-13-28/h4-11,15-16H,1-3,12-14H2,(H,24,29)(H,25,26,27). The molecule has 1 saturated heterocycles. The first-order chi connectivity index (χ1) is 14.3. The molecular weight excluding hydrogens is 364 g/mol. The van der Waals surface area contributed by atoms with Gasteiger partial charge in [-0.2, -0.15) is 0 Å². The lowest BCUT2D eigenvalue weighted by Crippen LogP contribution is -2.29. The largest absolute Gasteiger partial charge is 0.372 e. The van der Waals surface area contributed by atoms with Crippen molar-refractivity contribution in [1.82, 2.24) is 20.3 Å². The van der Waals surface area contributed by atoms with E-state index < -0.39 is 0 Å². The number of pyridine rings is 1. The normalized spacial score (nSPS) is 13.7. The van der Waals surface area contributed by atoms with Crippen molar-refractivity contribution in [2.24, 2.45) is 0 Å². The van der Waals surface area contributed by atoms with E-state index in [1.807, 2.05) is 24.3 Å². The monoisotopic (exact) mass is 388 g/mol. The van der Waals surface area contributed by atoms with Crippen LogP contribution in [0, 0.1) is 0 Å². The van der Waals surface area contributed by atoms with Gasteiger partial charge in [0.2, 0.25) is 5.95 Å². The molecule has 148 valence electrons. The molecule has 1 amide bonds. The molecule has 1 aliphatic heterocycles. The van der Waals surface area contributed by atoms with Gasteiger partial charge in [0.05, 0.1) is 5.56 Å². The first kappa shape index (κ1) is 18.9. The number of piperidine rings is 1. The molecular formula is C22H24N6O. The average Bonchev–Trinajstić information content (AvgIpc) is 2.80. The third kappa shape index (κ3) is 5.07. The fourth-order valence-electron chi connectivity index (χ4n) is 3.33. The van der Waals surface area contributed by atoms with Crippen LogP contribution in [0.25, 0.3) is 0 Å². The number of benzene rings is 1. The Morgan fingerprint density at radius 1 is 0.931 bits per heavy atom. The highest BCUT2D eigenvalue weighted by molar-refractivity contribution is 5.93. The lowest BCUT2D eigenvalue weighted by molar-refractivity contribution is 0.0950. The average molecular weight is 388 g/mol. The summed E-state index contributed by atoms with van der Waals surface area (Å²) in [6, 6.07) is 12.0. The maximum absolute atomic E-state index is 12.2. The van der Waals surface area contributed by atoms with Crippen molar-refractivity contribution in [2.75, 3.05) is 23.3 Å². The summed E-state index contributed by atoms with van der Waals surface area (Å²) in [7, 11) is 0. The molecule has 0 spiro atoms. The molecule has 1 aliphatic rings. The molecule has 0 bridgehead atoms. The van der Waals surface area contributed by atoms with Crippen molar-refractivity contribution in [2.45, 2.75) is 25.8 Å². The Kier molecular flexibility index (Phi) is 5.95. The zero-order valence-electron chi connectivity index (χ0n) is 16.2. The number of rotatable bonds is 6. The van der Waals surface area contributed by atoms with E-state index in [1.54, 1.807) is 12.4 Å². The lowest BCUT2D eigenvalue weighted by atomic mass is 10.1. The molecule has 0 radical (unpaired) electrons. The van der Waals surface area contributed by atoms with Gasteiger partial charge < -0.3 is 15.5 Å². The Bertz CT molecular complexity index is 922. The zero-order chi connectivity index (χ0) is 19.9. The minimum Gasteiger partial charge on any atom is -0.372 e. The van der Waals surface area contributed by atoms with Crippen molar-refractivity contribution >= 4 is 23.2 Å². The molecule has 0 aliphatic carbocycles. The summed E-state index contributed by atoms with van der Waals surface area (Å²) in [4.78, 5) is 27.1. The molecule has 0 saturated carbocycles. The number of hydrogen-bond acceptors (Lipinski definition) is 6. The SMILES string of the molecule is O=C(NCc1ccncc1)c1cnc(Nc2ccc(N3CCCCC3)cc2)nc1. The number of carbonyl (C=O) groups is 1. The Labute approximate surface area is 170 Å². The summed E-state index contributed by atoms with van der Waals surface area (Å²) in [6.07, 6.45) is 10.3. The van der Waals surface area contributed by atoms with Crippen LogP contribution in [-0.2, 0) is 6.54 Å². The quantitative estimate of drug-likeness (QED) is 0.672. The molecule has 4 rings (SSSR count). The van der Waals surface area contributed by atoms with Gasteiger partial charge in [0.25, 0.3) is 5.91 Å². The molecule has 1 fully saturated rings. The molecule has 1 aromatic carbocycles. The molecule has 7 heteroatoms. The van der Waals surface area contributed by atoms with Crippen molar-refractivity contribution in [3.05, 3.63) is 72.3 Å². The molecule has 3 aromatic rings. The van der Waals surface area contributed by atoms with Gasteiger partial charge in [-0.25, -0.2) is 9.97 Å². The van der Waals surface area contributed by atoms with E-state index in [2.05, 4.69) is 42.6 Å². The third-order valence-corrected chi connectivity index (χ3v) is 4.96. The minimum absolute atomic E-state index is 0.209. The Morgan fingerprint density at radius 2 is 1.62 bits per heavy atom. The van der Waals surface area contributed by atoms with Gasteiger partial charge >= 0.3 is 0 Å². The Balaban J connectivity index is 1.32. The van der Waals surface area contributed by atoms with E-state index in [-0.39, 0.29) is 5.91 Å². The van der Waals surface area contributed by atoms with Crippen molar-refractivity contribution < 1.29 is 4.79 Å². The van der Waals surface area contributed by atoms with E-state index in [9.17, 15) is 4.79 Å². The highest BCUT2D eigenvalue weighted by Gasteiger charge is 2.11. The second-order valence-electron chi connectivity index (χ2n) is 7.05. The molecule has 0 atom stereocenters. The van der Waals surface area contributed by atoms with E-state index in [4.69, 9.17) is 0 Å². The molecule has 7 nitrogen and oxygen atoms in total. The smallest absolute Gasteiger partial charge is 0.254 e. The predicted molar refractivity (Wildman–Crippen MR) is 113 cm³/mol. The second-order valence-corrected chi connectivity index (χ2v) is 7.05. The van der Waals surface area contributed by atoms with Crippen LogP contribution in [0.1, 0.15) is 35.2 Å². The summed E-state index contributed by atoms with van der Waals surface area (Å²) >= 11 is 0. The second kappa shape index (κ2) is 9.14. The summed E-state index contributed by atoms with van der Waals surface area (Å²) < 4.78 is 0. The Hall–Kier alpha value is -3.48. The highest BCUT2D eigenvalue weighted by atomic mass is 16.1. The molecule has 2 aromatic heterocycles. The molecule has 3 heterocycles. The molecule has 0 unspecified atom stereocenters. The van der Waals surface area contributed by atoms with Crippen LogP contribution in [0.2, 0.25) is 0 Å². The number of aromatic nitrogens is 3. The van der Waals surface area contributed by atoms with Crippen LogP contribution in [-0.4, -0.2) is 33.9 Å². The first-order valence-corrected chi connectivity index (χ1v) is 9.89. The summed E-state index contributed by atoms with van der Waals surface area (Å²) in [5.41, 5.74) is 3.57. The van der Waals surface area contributed by atoms with E-state index in [0.717, 1.165) is 24.3 Å². The highest BCUT2D eigenvalue weighted by Crippen LogP contribution is 2.22. The first-order valence-electron chi connectivity index (χ1n) is 9.89. The fraction of sp³-hybridized carbons (Fsp3) is 0.273. The van der Waals surface area contributed by atoms with Gasteiger partial charge in [-0.15, -0.1) is 0 Å². The molecule has 2 N–H and O–H groups in total. The van der Waals surface area contributed by atoms with Crippen LogP contribution in [0.3, 0.4) is 0 Å². The van der Waals surface area contributed by atoms with E-state index in [0.29, 0.717) is 18.1 Å². The number of amides is 1. The minimum atomic E-state index is -0.209. The van der Waals surface area contributed by atoms with Gasteiger partial charge in [0.15, 0.2) is 0 Å². The Morgan fingerprint density at radius 3 is 2.31 bits per heavy atom. The number of carbonyl (C=O) groups excluding carboxylic acids is 1. The number of hydrogen-bond donors (Lipinski definition) is 2. The van der Waals surface area contributed by atoms with Gasteiger partial charge in [-0.1, -0.05) is 0 Å². The van der Waals surface area contributed by atoms with Crippen molar-refractivity contribution in [1.29, 1.82) is 0 Å². The van der Waals surface area contributed by atoms with E-state index in [1.165, 1.54) is 37.3 Å². The van der Waals surface area contributed by atoms with Gasteiger partial charge in [0.1, 0.15) is 0 Å². The number of nitrogens with one attached hydrogen (secondary N) is 2.